The number of anilines is 3. The van der Waals surface area contributed by atoms with E-state index in [1.54, 1.807) is 17.2 Å². The number of ether oxygens (including phenoxy) is 1. The Kier molecular flexibility index (Phi) is 5.37. The van der Waals surface area contributed by atoms with Crippen molar-refractivity contribution in [3.05, 3.63) is 59.6 Å². The number of fused-ring (bicyclic) bond motifs is 1. The van der Waals surface area contributed by atoms with Crippen LogP contribution < -0.4 is 14.4 Å². The lowest BCUT2D eigenvalue weighted by atomic mass is 10.2. The maximum absolute atomic E-state index is 12.9. The molecule has 0 radical (unpaired) electrons. The molecule has 0 aliphatic carbocycles. The lowest BCUT2D eigenvalue weighted by molar-refractivity contribution is -0.137. The summed E-state index contributed by atoms with van der Waals surface area (Å²) in [6, 6.07) is 8.13. The molecule has 3 aromatic rings. The molecule has 0 amide bonds. The van der Waals surface area contributed by atoms with Crippen LogP contribution in [0.1, 0.15) is 5.56 Å². The standard InChI is InChI=1S/C18H13ClF3N5OS/c19-13-7-11(18(20,21)22)9-24-17(13)27-5-6-28-15-8-12(1-2-14(15)27)29-26-16-3-4-23-10-25-16/h1-4,7-10H,5-6H2,(H,23,25,26). The van der Waals surface area contributed by atoms with Crippen molar-refractivity contribution >= 4 is 40.9 Å². The van der Waals surface area contributed by atoms with Crippen LogP contribution >= 0.6 is 23.5 Å². The number of nitrogens with zero attached hydrogens (tertiary/aromatic N) is 4. The topological polar surface area (TPSA) is 63.2 Å². The van der Waals surface area contributed by atoms with E-state index >= 15 is 0 Å². The van der Waals surface area contributed by atoms with Crippen molar-refractivity contribution in [2.24, 2.45) is 0 Å². The maximum atomic E-state index is 12.9. The third kappa shape index (κ3) is 4.33. The van der Waals surface area contributed by atoms with Crippen molar-refractivity contribution in [2.45, 2.75) is 11.1 Å². The van der Waals surface area contributed by atoms with E-state index in [9.17, 15) is 13.2 Å². The predicted octanol–water partition coefficient (Wildman–Crippen LogP) is 5.19. The molecule has 0 spiro atoms. The van der Waals surface area contributed by atoms with Crippen LogP contribution in [-0.2, 0) is 6.18 Å². The largest absolute Gasteiger partial charge is 0.489 e. The Hall–Kier alpha value is -2.72. The highest BCUT2D eigenvalue weighted by Crippen LogP contribution is 2.41. The fourth-order valence-electron chi connectivity index (χ4n) is 2.73. The lowest BCUT2D eigenvalue weighted by Gasteiger charge is -2.31. The molecular formula is C18H13ClF3N5OS. The molecule has 1 aliphatic heterocycles. The molecule has 3 heterocycles. The fourth-order valence-corrected chi connectivity index (χ4v) is 3.64. The molecule has 1 aliphatic rings. The Morgan fingerprint density at radius 1 is 1.17 bits per heavy atom. The molecule has 0 saturated carbocycles. The third-order valence-corrected chi connectivity index (χ3v) is 5.13. The molecule has 0 unspecified atom stereocenters. The number of rotatable bonds is 4. The summed E-state index contributed by atoms with van der Waals surface area (Å²) in [6.07, 6.45) is -0.644. The van der Waals surface area contributed by atoms with E-state index < -0.39 is 11.7 Å². The molecule has 6 nitrogen and oxygen atoms in total. The average molecular weight is 440 g/mol. The normalized spacial score (nSPS) is 13.6. The van der Waals surface area contributed by atoms with Crippen LogP contribution in [-0.4, -0.2) is 28.1 Å². The van der Waals surface area contributed by atoms with Gasteiger partial charge in [-0.1, -0.05) is 11.6 Å². The first kappa shape index (κ1) is 19.6. The molecule has 2 aromatic heterocycles. The second-order valence-electron chi connectivity index (χ2n) is 5.96. The van der Waals surface area contributed by atoms with Gasteiger partial charge in [0.1, 0.15) is 24.5 Å². The number of aromatic nitrogens is 3. The summed E-state index contributed by atoms with van der Waals surface area (Å²) in [4.78, 5) is 14.5. The Labute approximate surface area is 173 Å². The van der Waals surface area contributed by atoms with Crippen LogP contribution in [0.15, 0.2) is 53.9 Å². The molecule has 11 heteroatoms. The van der Waals surface area contributed by atoms with E-state index in [2.05, 4.69) is 19.7 Å². The van der Waals surface area contributed by atoms with Gasteiger partial charge in [-0.3, -0.25) is 0 Å². The van der Waals surface area contributed by atoms with Gasteiger partial charge in [0.25, 0.3) is 0 Å². The van der Waals surface area contributed by atoms with Gasteiger partial charge in [0, 0.05) is 17.3 Å². The van der Waals surface area contributed by atoms with E-state index in [0.29, 0.717) is 30.4 Å². The molecule has 150 valence electrons. The first-order chi connectivity index (χ1) is 13.9. The van der Waals surface area contributed by atoms with Gasteiger partial charge in [-0.15, -0.1) is 0 Å². The molecule has 1 aromatic carbocycles. The van der Waals surface area contributed by atoms with Crippen LogP contribution in [0.3, 0.4) is 0 Å². The van der Waals surface area contributed by atoms with Gasteiger partial charge in [0.05, 0.1) is 22.8 Å². The number of alkyl halides is 3. The fraction of sp³-hybridized carbons (Fsp3) is 0.167. The van der Waals surface area contributed by atoms with Crippen LogP contribution in [0, 0.1) is 0 Å². The minimum Gasteiger partial charge on any atom is -0.489 e. The summed E-state index contributed by atoms with van der Waals surface area (Å²) >= 11 is 7.46. The second kappa shape index (κ2) is 7.96. The van der Waals surface area contributed by atoms with Crippen molar-refractivity contribution in [3.8, 4) is 5.75 Å². The van der Waals surface area contributed by atoms with Gasteiger partial charge in [0.15, 0.2) is 5.82 Å². The Morgan fingerprint density at radius 2 is 2.03 bits per heavy atom. The predicted molar refractivity (Wildman–Crippen MR) is 105 cm³/mol. The SMILES string of the molecule is FC(F)(F)c1cnc(N2CCOc3cc(SNc4ccncn4)ccc32)c(Cl)c1. The van der Waals surface area contributed by atoms with Gasteiger partial charge >= 0.3 is 6.18 Å². The maximum Gasteiger partial charge on any atom is 0.417 e. The van der Waals surface area contributed by atoms with Gasteiger partial charge < -0.3 is 14.4 Å². The zero-order valence-electron chi connectivity index (χ0n) is 14.7. The summed E-state index contributed by atoms with van der Waals surface area (Å²) in [5, 5.41) is -0.0726. The first-order valence-electron chi connectivity index (χ1n) is 8.38. The number of benzene rings is 1. The molecule has 0 atom stereocenters. The van der Waals surface area contributed by atoms with E-state index in [1.165, 1.54) is 18.3 Å². The van der Waals surface area contributed by atoms with Gasteiger partial charge in [-0.25, -0.2) is 15.0 Å². The van der Waals surface area contributed by atoms with Crippen LogP contribution in [0.2, 0.25) is 5.02 Å². The summed E-state index contributed by atoms with van der Waals surface area (Å²) in [5.41, 5.74) is -0.209. The molecular weight excluding hydrogens is 427 g/mol. The van der Waals surface area contributed by atoms with Crippen LogP contribution in [0.25, 0.3) is 0 Å². The summed E-state index contributed by atoms with van der Waals surface area (Å²) in [7, 11) is 0. The average Bonchev–Trinajstić information content (AvgIpc) is 2.72. The smallest absolute Gasteiger partial charge is 0.417 e. The zero-order valence-corrected chi connectivity index (χ0v) is 16.2. The van der Waals surface area contributed by atoms with Crippen LogP contribution in [0.5, 0.6) is 5.75 Å². The number of halogens is 4. The minimum absolute atomic E-state index is 0.0726. The van der Waals surface area contributed by atoms with Crippen molar-refractivity contribution in [1.29, 1.82) is 0 Å². The zero-order chi connectivity index (χ0) is 20.4. The van der Waals surface area contributed by atoms with E-state index in [0.717, 1.165) is 17.2 Å². The van der Waals surface area contributed by atoms with E-state index in [-0.39, 0.29) is 10.8 Å². The quantitative estimate of drug-likeness (QED) is 0.561. The molecule has 4 rings (SSSR count). The molecule has 1 N–H and O–H groups in total. The third-order valence-electron chi connectivity index (χ3n) is 4.05. The lowest BCUT2D eigenvalue weighted by Crippen LogP contribution is -2.29. The number of pyridine rings is 1. The molecule has 29 heavy (non-hydrogen) atoms. The summed E-state index contributed by atoms with van der Waals surface area (Å²) < 4.78 is 47.4. The summed E-state index contributed by atoms with van der Waals surface area (Å²) in [5.74, 6) is 1.50. The van der Waals surface area contributed by atoms with E-state index in [4.69, 9.17) is 16.3 Å². The van der Waals surface area contributed by atoms with Crippen molar-refractivity contribution < 1.29 is 17.9 Å². The van der Waals surface area contributed by atoms with Gasteiger partial charge in [-0.2, -0.15) is 13.2 Å². The highest BCUT2D eigenvalue weighted by molar-refractivity contribution is 8.00. The highest BCUT2D eigenvalue weighted by atomic mass is 35.5. The number of hydrogen-bond donors (Lipinski definition) is 1. The van der Waals surface area contributed by atoms with E-state index in [1.807, 2.05) is 18.2 Å². The monoisotopic (exact) mass is 439 g/mol. The van der Waals surface area contributed by atoms with Crippen molar-refractivity contribution in [2.75, 3.05) is 22.8 Å². The van der Waals surface area contributed by atoms with Crippen LogP contribution in [0.4, 0.5) is 30.5 Å². The van der Waals surface area contributed by atoms with Gasteiger partial charge in [-0.05, 0) is 42.3 Å². The number of nitrogens with one attached hydrogen (secondary N) is 1. The van der Waals surface area contributed by atoms with Crippen molar-refractivity contribution in [1.82, 2.24) is 15.0 Å². The molecule has 0 bridgehead atoms. The van der Waals surface area contributed by atoms with Crippen molar-refractivity contribution in [3.63, 3.8) is 0 Å². The first-order valence-corrected chi connectivity index (χ1v) is 9.57. The summed E-state index contributed by atoms with van der Waals surface area (Å²) in [6.45, 7) is 0.760. The Bertz CT molecular complexity index is 1020. The highest BCUT2D eigenvalue weighted by Gasteiger charge is 2.32. The molecule has 0 fully saturated rings. The van der Waals surface area contributed by atoms with Gasteiger partial charge in [0.2, 0.25) is 0 Å². The Morgan fingerprint density at radius 3 is 2.76 bits per heavy atom. The Balaban J connectivity index is 1.57. The number of hydrogen-bond acceptors (Lipinski definition) is 7. The molecule has 0 saturated heterocycles. The second-order valence-corrected chi connectivity index (χ2v) is 7.24. The minimum atomic E-state index is -4.50.